The first-order valence-electron chi connectivity index (χ1n) is 20.4. The molecule has 55 heavy (non-hydrogen) atoms. The van der Waals surface area contributed by atoms with E-state index in [1.807, 2.05) is 32.2 Å². The largest absolute Gasteiger partial charge is 0.490 e. The highest BCUT2D eigenvalue weighted by Gasteiger charge is 2.49. The third kappa shape index (κ3) is 9.50. The number of methoxy groups -OCH3 is 2. The summed E-state index contributed by atoms with van der Waals surface area (Å²) in [5.41, 5.74) is 0.420. The summed E-state index contributed by atoms with van der Waals surface area (Å²) in [6.07, 6.45) is 16.2. The molecule has 1 aromatic rings. The van der Waals surface area contributed by atoms with Gasteiger partial charge in [-0.3, -0.25) is 14.6 Å². The van der Waals surface area contributed by atoms with E-state index in [4.69, 9.17) is 25.8 Å². The van der Waals surface area contributed by atoms with Gasteiger partial charge >= 0.3 is 0 Å². The van der Waals surface area contributed by atoms with Crippen LogP contribution in [-0.4, -0.2) is 114 Å². The number of allylic oxidation sites excluding steroid dienone is 4. The number of hydrogen-bond donors (Lipinski definition) is 1. The van der Waals surface area contributed by atoms with Gasteiger partial charge in [0.05, 0.1) is 18.9 Å². The number of piperazine rings is 1. The molecule has 5 aliphatic rings. The van der Waals surface area contributed by atoms with Crippen molar-refractivity contribution in [3.63, 3.8) is 0 Å². The van der Waals surface area contributed by atoms with E-state index in [1.165, 1.54) is 7.11 Å². The minimum absolute atomic E-state index is 0.0315. The van der Waals surface area contributed by atoms with Gasteiger partial charge in [-0.25, -0.2) is 13.1 Å². The summed E-state index contributed by atoms with van der Waals surface area (Å²) in [5, 5.41) is -0.170. The second kappa shape index (κ2) is 17.2. The first-order valence-corrected chi connectivity index (χ1v) is 22.3. The highest BCUT2D eigenvalue weighted by Crippen LogP contribution is 2.47. The Kier molecular flexibility index (Phi) is 13.2. The molecule has 12 heteroatoms. The molecule has 3 heterocycles. The van der Waals surface area contributed by atoms with E-state index in [-0.39, 0.29) is 40.9 Å². The Labute approximate surface area is 335 Å². The molecule has 2 aliphatic carbocycles. The summed E-state index contributed by atoms with van der Waals surface area (Å²) in [5.74, 6) is 0.547. The van der Waals surface area contributed by atoms with Crippen LogP contribution in [0.3, 0.4) is 0 Å². The molecule has 2 fully saturated rings. The molecule has 0 radical (unpaired) electrons. The van der Waals surface area contributed by atoms with Crippen LogP contribution in [0.1, 0.15) is 83.5 Å². The minimum Gasteiger partial charge on any atom is -0.490 e. The first kappa shape index (κ1) is 42.2. The van der Waals surface area contributed by atoms with Gasteiger partial charge in [0.2, 0.25) is 10.0 Å². The lowest BCUT2D eigenvalue weighted by molar-refractivity contribution is -0.0974. The number of hydrogen-bond acceptors (Lipinski definition) is 9. The maximum Gasteiger partial charge on any atom is 0.264 e. The Morgan fingerprint density at radius 2 is 1.80 bits per heavy atom. The number of carbonyl (C=O) groups is 1. The van der Waals surface area contributed by atoms with Crippen LogP contribution in [0.4, 0.5) is 5.69 Å². The number of ether oxygens (including phenoxy) is 3. The Bertz CT molecular complexity index is 1720. The Morgan fingerprint density at radius 3 is 2.47 bits per heavy atom. The number of amides is 1. The van der Waals surface area contributed by atoms with Crippen LogP contribution in [0.2, 0.25) is 0 Å². The number of halogens is 1. The molecule has 0 spiro atoms. The lowest BCUT2D eigenvalue weighted by Crippen LogP contribution is -2.60. The molecule has 1 aromatic carbocycles. The quantitative estimate of drug-likeness (QED) is 0.320. The van der Waals surface area contributed by atoms with E-state index in [9.17, 15) is 13.2 Å². The van der Waals surface area contributed by atoms with Gasteiger partial charge < -0.3 is 19.1 Å². The molecule has 1 N–H and O–H groups in total. The van der Waals surface area contributed by atoms with Crippen molar-refractivity contribution in [2.45, 2.75) is 89.5 Å². The number of sulfonamides is 1. The van der Waals surface area contributed by atoms with Gasteiger partial charge in [0.1, 0.15) is 16.6 Å². The molecule has 1 saturated carbocycles. The number of nitrogens with one attached hydrogen (secondary N) is 1. The lowest BCUT2D eigenvalue weighted by Gasteiger charge is -2.52. The SMILES string of the molecule is COC[C@@H]1[C@@H](C)C/C=C/[C@](CN2CCN(C(C)(C)C)CC2)(OC)[C@@H]2CC[C@H]2CN2CCCCC3C=C(Cl)C=CC3(C)COc3ccc(cc32)C(=O)NS1(=O)=O. The number of benzene rings is 1. The van der Waals surface area contributed by atoms with Crippen molar-refractivity contribution in [1.82, 2.24) is 14.5 Å². The van der Waals surface area contributed by atoms with E-state index in [1.54, 1.807) is 6.07 Å². The van der Waals surface area contributed by atoms with Gasteiger partial charge in [0.15, 0.2) is 0 Å². The van der Waals surface area contributed by atoms with Gasteiger partial charge in [0, 0.05) is 81.6 Å². The highest BCUT2D eigenvalue weighted by molar-refractivity contribution is 7.90. The van der Waals surface area contributed by atoms with Crippen LogP contribution in [-0.2, 0) is 19.5 Å². The fourth-order valence-corrected chi connectivity index (χ4v) is 11.3. The van der Waals surface area contributed by atoms with Crippen molar-refractivity contribution in [3.05, 3.63) is 59.2 Å². The summed E-state index contributed by atoms with van der Waals surface area (Å²) in [7, 11) is -0.759. The standard InChI is InChI=1S/C43H65ClN4O6S/c1-31-11-10-18-43(53-7,29-46-21-23-48(24-22-46)41(2,3)4)36-15-13-33(36)27-47-20-9-8-12-34-26-35(44)17-19-42(34,5)30-54-38-16-14-32(25-37(38)47)40(49)45-55(50,51)39(31)28-52-6/h10,14,16-19,25-26,31,33-34,36,39H,8-9,11-13,15,20-24,27-30H2,1-7H3,(H,45,49)/b18-10+/t31-,33-,34?,36+,39+,42?,43+/m0/s1. The Balaban J connectivity index is 1.39. The normalized spacial score (nSPS) is 34.5. The average Bonchev–Trinajstić information content (AvgIpc) is 3.14. The molecule has 306 valence electrons. The summed E-state index contributed by atoms with van der Waals surface area (Å²) >= 11 is 6.51. The lowest BCUT2D eigenvalue weighted by atomic mass is 9.63. The van der Waals surface area contributed by atoms with Crippen LogP contribution in [0.15, 0.2) is 53.6 Å². The van der Waals surface area contributed by atoms with Crippen molar-refractivity contribution < 1.29 is 27.4 Å². The van der Waals surface area contributed by atoms with Crippen LogP contribution >= 0.6 is 11.6 Å². The van der Waals surface area contributed by atoms with E-state index >= 15 is 0 Å². The zero-order chi connectivity index (χ0) is 39.6. The van der Waals surface area contributed by atoms with Crippen LogP contribution in [0.5, 0.6) is 5.75 Å². The maximum absolute atomic E-state index is 13.9. The fourth-order valence-electron chi connectivity index (χ4n) is 9.48. The van der Waals surface area contributed by atoms with E-state index in [2.05, 4.69) is 71.4 Å². The van der Waals surface area contributed by atoms with E-state index < -0.39 is 26.8 Å². The van der Waals surface area contributed by atoms with Crippen molar-refractivity contribution in [1.29, 1.82) is 0 Å². The predicted octanol–water partition coefficient (Wildman–Crippen LogP) is 6.87. The van der Waals surface area contributed by atoms with Gasteiger partial charge in [-0.15, -0.1) is 0 Å². The third-order valence-electron chi connectivity index (χ3n) is 13.3. The van der Waals surface area contributed by atoms with Crippen molar-refractivity contribution in [3.8, 4) is 5.75 Å². The Morgan fingerprint density at radius 1 is 1.04 bits per heavy atom. The molecule has 10 nitrogen and oxygen atoms in total. The monoisotopic (exact) mass is 800 g/mol. The van der Waals surface area contributed by atoms with Crippen LogP contribution in [0.25, 0.3) is 0 Å². The van der Waals surface area contributed by atoms with Crippen molar-refractivity contribution in [2.75, 3.05) is 78.1 Å². The average molecular weight is 802 g/mol. The second-order valence-corrected chi connectivity index (χ2v) is 20.4. The summed E-state index contributed by atoms with van der Waals surface area (Å²) < 4.78 is 49.1. The molecule has 2 bridgehead atoms. The van der Waals surface area contributed by atoms with Crippen LogP contribution in [0, 0.1) is 29.1 Å². The molecule has 3 aliphatic heterocycles. The molecular weight excluding hydrogens is 736 g/mol. The smallest absolute Gasteiger partial charge is 0.264 e. The molecule has 0 aromatic heterocycles. The maximum atomic E-state index is 13.9. The van der Waals surface area contributed by atoms with Gasteiger partial charge in [-0.1, -0.05) is 56.2 Å². The fraction of sp³-hybridized carbons (Fsp3) is 0.698. The third-order valence-corrected chi connectivity index (χ3v) is 15.4. The first-order chi connectivity index (χ1) is 26.1. The molecule has 2 unspecified atom stereocenters. The zero-order valence-electron chi connectivity index (χ0n) is 34.2. The summed E-state index contributed by atoms with van der Waals surface area (Å²) in [4.78, 5) is 21.3. The number of fused-ring (bicyclic) bond motifs is 3. The van der Waals surface area contributed by atoms with Crippen LogP contribution < -0.4 is 14.4 Å². The summed E-state index contributed by atoms with van der Waals surface area (Å²) in [6.45, 7) is 17.7. The minimum atomic E-state index is -4.10. The molecule has 1 saturated heterocycles. The molecule has 6 rings (SSSR count). The van der Waals surface area contributed by atoms with Gasteiger partial charge in [-0.2, -0.15) is 0 Å². The molecule has 7 atom stereocenters. The topological polar surface area (TPSA) is 101 Å². The van der Waals surface area contributed by atoms with Crippen molar-refractivity contribution in [2.24, 2.45) is 29.1 Å². The Hall–Kier alpha value is -2.41. The van der Waals surface area contributed by atoms with Gasteiger partial charge in [-0.05, 0) is 101 Å². The van der Waals surface area contributed by atoms with Gasteiger partial charge in [0.25, 0.3) is 5.91 Å². The molecule has 1 amide bonds. The summed E-state index contributed by atoms with van der Waals surface area (Å²) in [6, 6.07) is 5.35. The number of carbonyl (C=O) groups excluding carboxylic acids is 1. The number of nitrogens with zero attached hydrogens (tertiary/aromatic N) is 3. The zero-order valence-corrected chi connectivity index (χ0v) is 35.8. The van der Waals surface area contributed by atoms with Crippen molar-refractivity contribution >= 4 is 33.2 Å². The van der Waals surface area contributed by atoms with E-state index in [0.29, 0.717) is 24.7 Å². The number of anilines is 1. The van der Waals surface area contributed by atoms with E-state index in [0.717, 1.165) is 88.6 Å². The predicted molar refractivity (Wildman–Crippen MR) is 221 cm³/mol. The molecular formula is C43H65ClN4O6S. The second-order valence-electron chi connectivity index (χ2n) is 18.0. The highest BCUT2D eigenvalue weighted by atomic mass is 35.5. The number of rotatable bonds is 5.